The van der Waals surface area contributed by atoms with Crippen molar-refractivity contribution in [2.45, 2.75) is 39.2 Å². The Labute approximate surface area is 103 Å². The molecule has 1 rings (SSSR count). The first-order valence-corrected chi connectivity index (χ1v) is 6.03. The van der Waals surface area contributed by atoms with Gasteiger partial charge in [-0.2, -0.15) is 0 Å². The maximum absolute atomic E-state index is 11.6. The van der Waals surface area contributed by atoms with E-state index in [4.69, 9.17) is 10.5 Å². The number of benzene rings is 1. The van der Waals surface area contributed by atoms with Gasteiger partial charge in [-0.05, 0) is 25.8 Å². The van der Waals surface area contributed by atoms with E-state index in [1.807, 2.05) is 38.1 Å². The number of hydrogen-bond donors (Lipinski definition) is 1. The first kappa shape index (κ1) is 13.7. The van der Waals surface area contributed by atoms with Gasteiger partial charge in [0.2, 0.25) is 0 Å². The number of rotatable bonds is 5. The van der Waals surface area contributed by atoms with Gasteiger partial charge in [0.1, 0.15) is 0 Å². The summed E-state index contributed by atoms with van der Waals surface area (Å²) in [7, 11) is 0. The summed E-state index contributed by atoms with van der Waals surface area (Å²) in [5.41, 5.74) is 7.84. The van der Waals surface area contributed by atoms with Crippen LogP contribution < -0.4 is 5.73 Å². The van der Waals surface area contributed by atoms with Crippen LogP contribution in [0.3, 0.4) is 0 Å². The molecule has 0 aliphatic rings. The minimum absolute atomic E-state index is 0.223. The minimum Gasteiger partial charge on any atom is -0.466 e. The lowest BCUT2D eigenvalue weighted by molar-refractivity contribution is -0.144. The summed E-state index contributed by atoms with van der Waals surface area (Å²) in [6, 6.07) is 7.99. The summed E-state index contributed by atoms with van der Waals surface area (Å²) >= 11 is 0. The Hall–Kier alpha value is -1.35. The molecule has 0 saturated carbocycles. The SMILES string of the molecule is CCOC(=O)CC(N)(CC)c1ccc(C)cc1. The Kier molecular flexibility index (Phi) is 4.70. The van der Waals surface area contributed by atoms with Crippen LogP contribution in [-0.2, 0) is 15.1 Å². The van der Waals surface area contributed by atoms with Crippen molar-refractivity contribution in [1.29, 1.82) is 0 Å². The lowest BCUT2D eigenvalue weighted by Gasteiger charge is -2.27. The van der Waals surface area contributed by atoms with Gasteiger partial charge in [-0.25, -0.2) is 0 Å². The van der Waals surface area contributed by atoms with E-state index in [1.165, 1.54) is 5.56 Å². The lowest BCUT2D eigenvalue weighted by Crippen LogP contribution is -2.38. The largest absolute Gasteiger partial charge is 0.466 e. The number of nitrogens with two attached hydrogens (primary N) is 1. The molecule has 1 unspecified atom stereocenters. The molecule has 94 valence electrons. The zero-order chi connectivity index (χ0) is 12.9. The van der Waals surface area contributed by atoms with Gasteiger partial charge in [-0.1, -0.05) is 36.8 Å². The quantitative estimate of drug-likeness (QED) is 0.798. The summed E-state index contributed by atoms with van der Waals surface area (Å²) in [6.45, 7) is 6.21. The van der Waals surface area contributed by atoms with E-state index in [0.717, 1.165) is 5.56 Å². The minimum atomic E-state index is -0.625. The predicted molar refractivity (Wildman–Crippen MR) is 68.6 cm³/mol. The van der Waals surface area contributed by atoms with Crippen LogP contribution in [0.4, 0.5) is 0 Å². The van der Waals surface area contributed by atoms with Gasteiger partial charge in [0, 0.05) is 0 Å². The van der Waals surface area contributed by atoms with Crippen LogP contribution in [0.15, 0.2) is 24.3 Å². The molecule has 0 fully saturated rings. The van der Waals surface area contributed by atoms with E-state index in [1.54, 1.807) is 6.92 Å². The third kappa shape index (κ3) is 3.56. The van der Waals surface area contributed by atoms with Crippen molar-refractivity contribution in [3.8, 4) is 0 Å². The van der Waals surface area contributed by atoms with Gasteiger partial charge < -0.3 is 10.5 Å². The molecule has 1 aromatic rings. The zero-order valence-electron chi connectivity index (χ0n) is 10.8. The molecule has 0 spiro atoms. The number of esters is 1. The van der Waals surface area contributed by atoms with Gasteiger partial charge in [0.25, 0.3) is 0 Å². The number of carbonyl (C=O) groups is 1. The average Bonchev–Trinajstić information content (AvgIpc) is 2.30. The summed E-state index contributed by atoms with van der Waals surface area (Å²) < 4.78 is 4.97. The number of hydrogen-bond acceptors (Lipinski definition) is 3. The maximum Gasteiger partial charge on any atom is 0.307 e. The summed E-state index contributed by atoms with van der Waals surface area (Å²) in [6.07, 6.45) is 0.926. The van der Waals surface area contributed by atoms with E-state index in [2.05, 4.69) is 0 Å². The molecule has 1 aromatic carbocycles. The third-order valence-electron chi connectivity index (χ3n) is 3.02. The molecule has 0 aliphatic carbocycles. The van der Waals surface area contributed by atoms with Crippen molar-refractivity contribution >= 4 is 5.97 Å². The van der Waals surface area contributed by atoms with Crippen molar-refractivity contribution in [2.24, 2.45) is 5.73 Å². The molecule has 0 aromatic heterocycles. The second kappa shape index (κ2) is 5.82. The van der Waals surface area contributed by atoms with Crippen LogP contribution in [0.1, 0.15) is 37.8 Å². The van der Waals surface area contributed by atoms with E-state index < -0.39 is 5.54 Å². The monoisotopic (exact) mass is 235 g/mol. The molecule has 2 N–H and O–H groups in total. The molecular formula is C14H21NO2. The first-order chi connectivity index (χ1) is 8.01. The van der Waals surface area contributed by atoms with E-state index in [9.17, 15) is 4.79 Å². The second-order valence-corrected chi connectivity index (χ2v) is 4.36. The Morgan fingerprint density at radius 3 is 2.35 bits per heavy atom. The molecule has 17 heavy (non-hydrogen) atoms. The van der Waals surface area contributed by atoms with Crippen LogP contribution in [0, 0.1) is 6.92 Å². The van der Waals surface area contributed by atoms with Crippen LogP contribution in [0.25, 0.3) is 0 Å². The summed E-state index contributed by atoms with van der Waals surface area (Å²) in [5, 5.41) is 0. The lowest BCUT2D eigenvalue weighted by atomic mass is 9.85. The van der Waals surface area contributed by atoms with E-state index in [0.29, 0.717) is 13.0 Å². The predicted octanol–water partition coefficient (Wildman–Crippen LogP) is 2.51. The fraction of sp³-hybridized carbons (Fsp3) is 0.500. The highest BCUT2D eigenvalue weighted by atomic mass is 16.5. The standard InChI is InChI=1S/C14H21NO2/c1-4-14(15,10-13(16)17-5-2)12-8-6-11(3)7-9-12/h6-9H,4-5,10,15H2,1-3H3. The van der Waals surface area contributed by atoms with Gasteiger partial charge in [-0.15, -0.1) is 0 Å². The highest BCUT2D eigenvalue weighted by molar-refractivity contribution is 5.71. The van der Waals surface area contributed by atoms with Gasteiger partial charge in [-0.3, -0.25) is 4.79 Å². The summed E-state index contributed by atoms with van der Waals surface area (Å²) in [4.78, 5) is 11.6. The van der Waals surface area contributed by atoms with Gasteiger partial charge in [0.05, 0.1) is 18.6 Å². The smallest absolute Gasteiger partial charge is 0.307 e. The topological polar surface area (TPSA) is 52.3 Å². The molecule has 0 saturated heterocycles. The van der Waals surface area contributed by atoms with Crippen molar-refractivity contribution in [1.82, 2.24) is 0 Å². The highest BCUT2D eigenvalue weighted by Crippen LogP contribution is 2.26. The second-order valence-electron chi connectivity index (χ2n) is 4.36. The third-order valence-corrected chi connectivity index (χ3v) is 3.02. The van der Waals surface area contributed by atoms with Gasteiger partial charge in [0.15, 0.2) is 0 Å². The average molecular weight is 235 g/mol. The van der Waals surface area contributed by atoms with E-state index in [-0.39, 0.29) is 12.4 Å². The Balaban J connectivity index is 2.87. The molecule has 0 heterocycles. The van der Waals surface area contributed by atoms with Crippen LogP contribution in [0.5, 0.6) is 0 Å². The molecule has 0 radical (unpaired) electrons. The molecule has 0 aliphatic heterocycles. The Morgan fingerprint density at radius 1 is 1.29 bits per heavy atom. The van der Waals surface area contributed by atoms with Crippen molar-refractivity contribution in [3.05, 3.63) is 35.4 Å². The number of aryl methyl sites for hydroxylation is 1. The normalized spacial score (nSPS) is 14.1. The van der Waals surface area contributed by atoms with Crippen LogP contribution in [0.2, 0.25) is 0 Å². The van der Waals surface area contributed by atoms with Crippen molar-refractivity contribution in [3.63, 3.8) is 0 Å². The molecule has 1 atom stereocenters. The van der Waals surface area contributed by atoms with Crippen molar-refractivity contribution in [2.75, 3.05) is 6.61 Å². The number of ether oxygens (including phenoxy) is 1. The zero-order valence-corrected chi connectivity index (χ0v) is 10.8. The molecule has 3 nitrogen and oxygen atoms in total. The Bertz CT molecular complexity index is 372. The summed E-state index contributed by atoms with van der Waals surface area (Å²) in [5.74, 6) is -0.238. The maximum atomic E-state index is 11.6. The molecular weight excluding hydrogens is 214 g/mol. The van der Waals surface area contributed by atoms with Gasteiger partial charge >= 0.3 is 5.97 Å². The van der Waals surface area contributed by atoms with E-state index >= 15 is 0 Å². The first-order valence-electron chi connectivity index (χ1n) is 6.03. The molecule has 0 amide bonds. The highest BCUT2D eigenvalue weighted by Gasteiger charge is 2.28. The fourth-order valence-corrected chi connectivity index (χ4v) is 1.79. The Morgan fingerprint density at radius 2 is 1.88 bits per heavy atom. The van der Waals surface area contributed by atoms with Crippen LogP contribution in [-0.4, -0.2) is 12.6 Å². The number of carbonyl (C=O) groups excluding carboxylic acids is 1. The molecule has 3 heteroatoms. The fourth-order valence-electron chi connectivity index (χ4n) is 1.79. The molecule has 0 bridgehead atoms. The van der Waals surface area contributed by atoms with Crippen LogP contribution >= 0.6 is 0 Å². The van der Waals surface area contributed by atoms with Crippen molar-refractivity contribution < 1.29 is 9.53 Å².